The van der Waals surface area contributed by atoms with Gasteiger partial charge in [-0.2, -0.15) is 5.10 Å². The average molecular weight is 492 g/mol. The van der Waals surface area contributed by atoms with Gasteiger partial charge in [0.1, 0.15) is 6.10 Å². The third-order valence-electron chi connectivity index (χ3n) is 9.68. The molecule has 0 aliphatic heterocycles. The number of hydrogen-bond acceptors (Lipinski definition) is 6. The van der Waals surface area contributed by atoms with E-state index in [1.54, 1.807) is 0 Å². The highest BCUT2D eigenvalue weighted by Gasteiger charge is 2.53. The van der Waals surface area contributed by atoms with E-state index in [2.05, 4.69) is 41.4 Å². The largest absolute Gasteiger partial charge is 0.388 e. The van der Waals surface area contributed by atoms with E-state index >= 15 is 0 Å². The summed E-state index contributed by atoms with van der Waals surface area (Å²) in [5, 5.41) is 53.6. The van der Waals surface area contributed by atoms with Gasteiger partial charge < -0.3 is 25.3 Å². The van der Waals surface area contributed by atoms with Gasteiger partial charge in [-0.25, -0.2) is 0 Å². The molecule has 4 aliphatic carbocycles. The summed E-state index contributed by atoms with van der Waals surface area (Å²) >= 11 is 0. The smallest absolute Gasteiger partial charge is 0.105 e. The van der Waals surface area contributed by atoms with Crippen LogP contribution < -0.4 is 0 Å². The third kappa shape index (κ3) is 3.33. The number of fused-ring (bicyclic) bond motifs is 4. The van der Waals surface area contributed by atoms with Crippen molar-refractivity contribution in [1.29, 1.82) is 0 Å². The number of aliphatic hydroxyl groups is 4. The molecule has 7 atom stereocenters. The number of nitrogens with zero attached hydrogens (tertiary/aromatic N) is 2. The van der Waals surface area contributed by atoms with E-state index in [9.17, 15) is 20.4 Å². The number of likely N-dealkylation sites (N-methyl/N-ethyl adjacent to an activating group) is 1. The van der Waals surface area contributed by atoms with Crippen LogP contribution in [0.4, 0.5) is 0 Å². The first-order valence-corrected chi connectivity index (χ1v) is 13.1. The van der Waals surface area contributed by atoms with Crippen LogP contribution in [0.1, 0.15) is 50.3 Å². The predicted octanol–water partition coefficient (Wildman–Crippen LogP) is 2.85. The van der Waals surface area contributed by atoms with Gasteiger partial charge >= 0.3 is 0 Å². The maximum Gasteiger partial charge on any atom is 0.105 e. The van der Waals surface area contributed by atoms with E-state index in [1.165, 1.54) is 16.7 Å². The Bertz CT molecular complexity index is 1320. The molecule has 2 unspecified atom stereocenters. The highest BCUT2D eigenvalue weighted by Crippen LogP contribution is 2.60. The van der Waals surface area contributed by atoms with Crippen LogP contribution in [0.2, 0.25) is 0 Å². The molecule has 1 heterocycles. The molecule has 0 bridgehead atoms. The topological polar surface area (TPSA) is 113 Å². The van der Waals surface area contributed by atoms with Gasteiger partial charge in [0, 0.05) is 16.8 Å². The fourth-order valence-electron chi connectivity index (χ4n) is 7.61. The molecule has 1 fully saturated rings. The maximum atomic E-state index is 11.8. The summed E-state index contributed by atoms with van der Waals surface area (Å²) in [6, 6.07) is 6.08. The van der Waals surface area contributed by atoms with Gasteiger partial charge in [0.15, 0.2) is 0 Å². The molecular weight excluding hydrogens is 454 g/mol. The fraction of sp³-hybridized carbons (Fsp3) is 0.552. The van der Waals surface area contributed by atoms with Gasteiger partial charge in [0.2, 0.25) is 0 Å². The van der Waals surface area contributed by atoms with Crippen molar-refractivity contribution in [3.63, 3.8) is 0 Å². The quantitative estimate of drug-likeness (QED) is 0.442. The number of aliphatic hydroxyl groups excluding tert-OH is 3. The Balaban J connectivity index is 1.38. The van der Waals surface area contributed by atoms with Gasteiger partial charge in [-0.05, 0) is 93.5 Å². The van der Waals surface area contributed by atoms with Gasteiger partial charge in [-0.15, -0.1) is 0 Å². The highest BCUT2D eigenvalue weighted by molar-refractivity contribution is 5.87. The summed E-state index contributed by atoms with van der Waals surface area (Å²) in [4.78, 5) is 1.87. The lowest BCUT2D eigenvalue weighted by Gasteiger charge is -2.46. The van der Waals surface area contributed by atoms with Crippen LogP contribution in [0.25, 0.3) is 16.5 Å². The van der Waals surface area contributed by atoms with Crippen LogP contribution in [0.3, 0.4) is 0 Å². The molecular formula is C29H37N3O4. The summed E-state index contributed by atoms with van der Waals surface area (Å²) in [5.74, 6) is 0.222. The van der Waals surface area contributed by atoms with Crippen molar-refractivity contribution in [2.45, 2.75) is 75.9 Å². The first-order valence-electron chi connectivity index (χ1n) is 13.1. The molecule has 1 aromatic heterocycles. The number of aryl methyl sites for hydroxylation is 1. The summed E-state index contributed by atoms with van der Waals surface area (Å²) in [6.07, 6.45) is 4.25. The SMILES string of the molecule is Cc1n[nH]c2ccc(C3=CCC4C5=C(C=C6[C@@H](O)[C@H](O)[C@@H](N(C)C)C[C@]6(O)CC5)C(O)C[C@]34C)cc12. The lowest BCUT2D eigenvalue weighted by molar-refractivity contribution is -0.0922. The maximum absolute atomic E-state index is 11.8. The number of benzene rings is 1. The van der Waals surface area contributed by atoms with Crippen LogP contribution in [0, 0.1) is 18.3 Å². The van der Waals surface area contributed by atoms with Gasteiger partial charge in [-0.3, -0.25) is 5.10 Å². The molecule has 4 aliphatic rings. The normalized spacial score (nSPS) is 38.4. The molecule has 6 rings (SSSR count). The zero-order chi connectivity index (χ0) is 25.6. The lowest BCUT2D eigenvalue weighted by atomic mass is 9.61. The number of rotatable bonds is 2. The Morgan fingerprint density at radius 2 is 1.92 bits per heavy atom. The van der Waals surface area contributed by atoms with Crippen molar-refractivity contribution < 1.29 is 20.4 Å². The number of aromatic nitrogens is 2. The molecule has 7 nitrogen and oxygen atoms in total. The van der Waals surface area contributed by atoms with Gasteiger partial charge in [0.25, 0.3) is 0 Å². The van der Waals surface area contributed by atoms with Gasteiger partial charge in [-0.1, -0.05) is 30.7 Å². The zero-order valence-electron chi connectivity index (χ0n) is 21.5. The second-order valence-corrected chi connectivity index (χ2v) is 11.9. The van der Waals surface area contributed by atoms with Crippen LogP contribution >= 0.6 is 0 Å². The van der Waals surface area contributed by atoms with E-state index < -0.39 is 23.9 Å². The molecule has 0 spiro atoms. The Hall–Kier alpha value is -2.29. The molecule has 2 aromatic rings. The second kappa shape index (κ2) is 8.10. The molecule has 0 amide bonds. The molecule has 7 heteroatoms. The van der Waals surface area contributed by atoms with Crippen LogP contribution in [0.15, 0.2) is 47.1 Å². The van der Waals surface area contributed by atoms with Crippen molar-refractivity contribution in [2.24, 2.45) is 11.3 Å². The molecule has 1 saturated carbocycles. The summed E-state index contributed by atoms with van der Waals surface area (Å²) < 4.78 is 0. The third-order valence-corrected chi connectivity index (χ3v) is 9.68. The van der Waals surface area contributed by atoms with Crippen molar-refractivity contribution >= 4 is 16.5 Å². The number of H-pyrrole nitrogens is 1. The minimum absolute atomic E-state index is 0.222. The average Bonchev–Trinajstić information content (AvgIpc) is 3.31. The summed E-state index contributed by atoms with van der Waals surface area (Å²) in [5.41, 5.74) is 5.45. The molecule has 192 valence electrons. The lowest BCUT2D eigenvalue weighted by Crippen LogP contribution is -2.58. The predicted molar refractivity (Wildman–Crippen MR) is 139 cm³/mol. The first kappa shape index (κ1) is 24.1. The highest BCUT2D eigenvalue weighted by atomic mass is 16.3. The Morgan fingerprint density at radius 3 is 2.67 bits per heavy atom. The fourth-order valence-corrected chi connectivity index (χ4v) is 7.61. The van der Waals surface area contributed by atoms with E-state index in [-0.39, 0.29) is 17.4 Å². The Kier molecular flexibility index (Phi) is 5.42. The number of nitrogens with one attached hydrogen (secondary N) is 1. The summed E-state index contributed by atoms with van der Waals surface area (Å²) in [6.45, 7) is 4.27. The van der Waals surface area contributed by atoms with Crippen molar-refractivity contribution in [3.8, 4) is 0 Å². The van der Waals surface area contributed by atoms with Crippen molar-refractivity contribution in [3.05, 3.63) is 58.3 Å². The molecule has 0 radical (unpaired) electrons. The van der Waals surface area contributed by atoms with Crippen LogP contribution in [-0.4, -0.2) is 79.6 Å². The van der Waals surface area contributed by atoms with E-state index in [4.69, 9.17) is 0 Å². The number of hydrogen-bond donors (Lipinski definition) is 5. The molecule has 1 aromatic carbocycles. The number of aromatic amines is 1. The first-order chi connectivity index (χ1) is 17.0. The summed E-state index contributed by atoms with van der Waals surface area (Å²) in [7, 11) is 3.73. The van der Waals surface area contributed by atoms with Crippen molar-refractivity contribution in [1.82, 2.24) is 15.1 Å². The minimum atomic E-state index is -1.21. The Morgan fingerprint density at radius 1 is 1.14 bits per heavy atom. The molecule has 5 N–H and O–H groups in total. The van der Waals surface area contributed by atoms with Crippen LogP contribution in [-0.2, 0) is 0 Å². The zero-order valence-corrected chi connectivity index (χ0v) is 21.5. The standard InChI is InChI=1S/C29H37N3O4/c1-15-18-11-16(5-8-23(18)31-30-15)20-6-7-21-17-9-10-29(36)13-24(32(3)4)27(35)26(34)22(29)12-19(17)25(33)14-28(20,21)2/h5-6,8,11-12,21,24-27,33-36H,7,9-10,13-14H2,1-4H3,(H,30,31)/t21?,24-,25?,26+,27+,28+,29+/m0/s1. The minimum Gasteiger partial charge on any atom is -0.388 e. The Labute approximate surface area is 211 Å². The van der Waals surface area contributed by atoms with E-state index in [0.29, 0.717) is 31.3 Å². The van der Waals surface area contributed by atoms with E-state index in [0.717, 1.165) is 28.6 Å². The molecule has 0 saturated heterocycles. The monoisotopic (exact) mass is 491 g/mol. The molecule has 36 heavy (non-hydrogen) atoms. The van der Waals surface area contributed by atoms with E-state index in [1.807, 2.05) is 32.0 Å². The number of allylic oxidation sites excluding steroid dienone is 3. The van der Waals surface area contributed by atoms with Gasteiger partial charge in [0.05, 0.1) is 29.0 Å². The second-order valence-electron chi connectivity index (χ2n) is 11.9. The van der Waals surface area contributed by atoms with Crippen molar-refractivity contribution in [2.75, 3.05) is 14.1 Å². The van der Waals surface area contributed by atoms with Crippen LogP contribution in [0.5, 0.6) is 0 Å².